The predicted molar refractivity (Wildman–Crippen MR) is 108 cm³/mol. The number of hydrogen-bond acceptors (Lipinski definition) is 3. The van der Waals surface area contributed by atoms with Crippen molar-refractivity contribution >= 4 is 21.9 Å². The monoisotopic (exact) mass is 428 g/mol. The molecule has 4 heteroatoms. The number of alkyl halides is 1. The van der Waals surface area contributed by atoms with Crippen LogP contribution >= 0.6 is 15.9 Å². The Hall–Kier alpha value is -0.0900. The fourth-order valence-electron chi connectivity index (χ4n) is 7.52. The average molecular weight is 429 g/mol. The molecule has 0 aromatic heterocycles. The van der Waals surface area contributed by atoms with Gasteiger partial charge in [0.2, 0.25) is 0 Å². The minimum Gasteiger partial charge on any atom is -0.465 e. The van der Waals surface area contributed by atoms with Gasteiger partial charge in [-0.05, 0) is 73.5 Å². The van der Waals surface area contributed by atoms with Gasteiger partial charge in [0.05, 0.1) is 12.2 Å². The Kier molecular flexibility index (Phi) is 5.14. The number of carbonyl (C=O) groups is 1. The van der Waals surface area contributed by atoms with Crippen LogP contribution in [0.1, 0.15) is 80.1 Å². The molecule has 26 heavy (non-hydrogen) atoms. The first-order chi connectivity index (χ1) is 11.9. The molecule has 0 spiro atoms. The quantitative estimate of drug-likeness (QED) is 0.477. The molecule has 0 radical (unpaired) electrons. The maximum absolute atomic E-state index is 11.5. The van der Waals surface area contributed by atoms with Crippen LogP contribution in [0.15, 0.2) is 0 Å². The van der Waals surface area contributed by atoms with Crippen molar-refractivity contribution in [2.45, 2.75) is 90.5 Å². The van der Waals surface area contributed by atoms with Gasteiger partial charge in [0.25, 0.3) is 0 Å². The Morgan fingerprint density at radius 1 is 1.00 bits per heavy atom. The molecule has 1 N–H and O–H groups in total. The van der Waals surface area contributed by atoms with Crippen LogP contribution in [0, 0.1) is 34.0 Å². The summed E-state index contributed by atoms with van der Waals surface area (Å²) in [5.41, 5.74) is -0.144. The summed E-state index contributed by atoms with van der Waals surface area (Å²) in [6.45, 7) is 13.5. The zero-order chi connectivity index (χ0) is 19.5. The predicted octanol–water partition coefficient (Wildman–Crippen LogP) is 5.33. The zero-order valence-corrected chi connectivity index (χ0v) is 19.0. The van der Waals surface area contributed by atoms with Gasteiger partial charge in [0.1, 0.15) is 0 Å². The summed E-state index contributed by atoms with van der Waals surface area (Å²) in [5.74, 6) is 1.05. The second-order valence-corrected chi connectivity index (χ2v) is 11.8. The molecule has 0 aromatic rings. The molecule has 0 heterocycles. The molecule has 150 valence electrons. The Balaban J connectivity index is 1.97. The van der Waals surface area contributed by atoms with Gasteiger partial charge in [-0.3, -0.25) is 4.79 Å². The van der Waals surface area contributed by atoms with E-state index in [1.807, 2.05) is 6.92 Å². The van der Waals surface area contributed by atoms with E-state index in [9.17, 15) is 9.90 Å². The molecular weight excluding hydrogens is 392 g/mol. The summed E-state index contributed by atoms with van der Waals surface area (Å²) in [6, 6.07) is 0. The number of fused-ring (bicyclic) bond motifs is 3. The van der Waals surface area contributed by atoms with Crippen LogP contribution < -0.4 is 0 Å². The van der Waals surface area contributed by atoms with Crippen molar-refractivity contribution in [1.29, 1.82) is 0 Å². The van der Waals surface area contributed by atoms with Gasteiger partial charge in [0, 0.05) is 17.7 Å². The Morgan fingerprint density at radius 2 is 1.58 bits per heavy atom. The highest BCUT2D eigenvalue weighted by Crippen LogP contribution is 2.70. The van der Waals surface area contributed by atoms with E-state index in [4.69, 9.17) is 4.74 Å². The van der Waals surface area contributed by atoms with Gasteiger partial charge in [-0.15, -0.1) is 0 Å². The number of hydrogen-bond donors (Lipinski definition) is 1. The molecule has 0 aromatic carbocycles. The Bertz CT molecular complexity index is 572. The smallest absolute Gasteiger partial charge is 0.302 e. The lowest BCUT2D eigenvalue weighted by Crippen LogP contribution is -2.64. The van der Waals surface area contributed by atoms with Crippen LogP contribution in [0.2, 0.25) is 0 Å². The number of rotatable bonds is 2. The van der Waals surface area contributed by atoms with Gasteiger partial charge in [-0.2, -0.15) is 0 Å². The molecule has 7 atom stereocenters. The minimum absolute atomic E-state index is 0.0141. The zero-order valence-electron chi connectivity index (χ0n) is 17.4. The van der Waals surface area contributed by atoms with Crippen molar-refractivity contribution in [2.75, 3.05) is 6.61 Å². The summed E-state index contributed by atoms with van der Waals surface area (Å²) >= 11 is 3.97. The van der Waals surface area contributed by atoms with Crippen LogP contribution in [0.3, 0.4) is 0 Å². The van der Waals surface area contributed by atoms with Crippen LogP contribution in [0.25, 0.3) is 0 Å². The van der Waals surface area contributed by atoms with Crippen molar-refractivity contribution < 1.29 is 14.6 Å². The van der Waals surface area contributed by atoms with Crippen LogP contribution in [-0.4, -0.2) is 28.1 Å². The number of esters is 1. The summed E-state index contributed by atoms with van der Waals surface area (Å²) in [4.78, 5) is 12.0. The minimum atomic E-state index is -0.758. The second kappa shape index (κ2) is 6.47. The molecule has 3 aliphatic rings. The number of ether oxygens (including phenoxy) is 1. The van der Waals surface area contributed by atoms with Gasteiger partial charge < -0.3 is 9.84 Å². The molecule has 3 rings (SSSR count). The summed E-state index contributed by atoms with van der Waals surface area (Å²) in [5, 5.41) is 11.2. The first kappa shape index (κ1) is 20.6. The molecule has 3 saturated carbocycles. The fraction of sp³-hybridized carbons (Fsp3) is 0.955. The van der Waals surface area contributed by atoms with Crippen molar-refractivity contribution in [3.63, 3.8) is 0 Å². The van der Waals surface area contributed by atoms with Gasteiger partial charge in [-0.25, -0.2) is 0 Å². The first-order valence-corrected chi connectivity index (χ1v) is 11.3. The van der Waals surface area contributed by atoms with Crippen molar-refractivity contribution in [2.24, 2.45) is 34.0 Å². The largest absolute Gasteiger partial charge is 0.465 e. The lowest BCUT2D eigenvalue weighted by atomic mass is 9.38. The molecule has 3 aliphatic carbocycles. The molecule has 0 bridgehead atoms. The fourth-order valence-corrected chi connectivity index (χ4v) is 8.07. The lowest BCUT2D eigenvalue weighted by molar-refractivity contribution is -0.219. The van der Waals surface area contributed by atoms with Crippen molar-refractivity contribution in [1.82, 2.24) is 0 Å². The molecule has 0 aliphatic heterocycles. The van der Waals surface area contributed by atoms with E-state index >= 15 is 0 Å². The number of carbonyl (C=O) groups excluding carboxylic acids is 1. The topological polar surface area (TPSA) is 46.5 Å². The second-order valence-electron chi connectivity index (χ2n) is 10.7. The van der Waals surface area contributed by atoms with Gasteiger partial charge >= 0.3 is 5.97 Å². The van der Waals surface area contributed by atoms with E-state index in [0.717, 1.165) is 19.3 Å². The third-order valence-electron chi connectivity index (χ3n) is 8.94. The highest BCUT2D eigenvalue weighted by Gasteiger charge is 2.65. The number of halogens is 1. The van der Waals surface area contributed by atoms with Gasteiger partial charge in [0.15, 0.2) is 0 Å². The molecule has 0 saturated heterocycles. The molecular formula is C22H37BrO3. The van der Waals surface area contributed by atoms with Crippen molar-refractivity contribution in [3.8, 4) is 0 Å². The van der Waals surface area contributed by atoms with Gasteiger partial charge in [-0.1, -0.05) is 43.6 Å². The van der Waals surface area contributed by atoms with Crippen LogP contribution in [0.5, 0.6) is 0 Å². The summed E-state index contributed by atoms with van der Waals surface area (Å²) in [6.07, 6.45) is 6.67. The van der Waals surface area contributed by atoms with E-state index < -0.39 is 5.60 Å². The number of aliphatic hydroxyl groups is 1. The Labute approximate surface area is 167 Å². The molecule has 0 amide bonds. The van der Waals surface area contributed by atoms with E-state index in [1.54, 1.807) is 0 Å². The molecule has 0 unspecified atom stereocenters. The summed E-state index contributed by atoms with van der Waals surface area (Å²) < 4.78 is 5.45. The van der Waals surface area contributed by atoms with E-state index in [1.165, 1.54) is 26.2 Å². The maximum Gasteiger partial charge on any atom is 0.302 e. The van der Waals surface area contributed by atoms with Crippen LogP contribution in [0.4, 0.5) is 0 Å². The average Bonchev–Trinajstić information content (AvgIpc) is 2.49. The molecule has 3 fully saturated rings. The van der Waals surface area contributed by atoms with E-state index in [0.29, 0.717) is 34.1 Å². The lowest BCUT2D eigenvalue weighted by Gasteiger charge is -2.68. The highest BCUT2D eigenvalue weighted by atomic mass is 79.9. The standard InChI is InChI=1S/C22H37BrO3/c1-14(24)26-13-17-21(5)10-7-15-19(2,3)18(23)9-11-20(15,4)16(21)8-12-22(17,6)25/h15-18,25H,7-13H2,1-6H3/t15-,16-,17-,18-,20-,21-,22+/m1/s1. The third-order valence-corrected chi connectivity index (χ3v) is 10.6. The van der Waals surface area contributed by atoms with Crippen LogP contribution in [-0.2, 0) is 9.53 Å². The SMILES string of the molecule is CC(=O)OC[C@@H]1[C@]2(C)CC[C@@H]3C(C)(C)[C@H](Br)CC[C@@]3(C)[C@H]2CC[C@]1(C)O. The maximum atomic E-state index is 11.5. The highest BCUT2D eigenvalue weighted by molar-refractivity contribution is 9.09. The first-order valence-electron chi connectivity index (χ1n) is 10.4. The Morgan fingerprint density at radius 3 is 2.19 bits per heavy atom. The normalized spacial score (nSPS) is 50.5. The van der Waals surface area contributed by atoms with E-state index in [2.05, 4.69) is 43.6 Å². The van der Waals surface area contributed by atoms with E-state index in [-0.39, 0.29) is 17.3 Å². The third kappa shape index (κ3) is 2.98. The van der Waals surface area contributed by atoms with Crippen molar-refractivity contribution in [3.05, 3.63) is 0 Å². The summed E-state index contributed by atoms with van der Waals surface area (Å²) in [7, 11) is 0. The molecule has 3 nitrogen and oxygen atoms in total.